The third-order valence-electron chi connectivity index (χ3n) is 2.39. The van der Waals surface area contributed by atoms with Crippen LogP contribution in [0.2, 0.25) is 0 Å². The van der Waals surface area contributed by atoms with Gasteiger partial charge in [0, 0.05) is 17.1 Å². The summed E-state index contributed by atoms with van der Waals surface area (Å²) in [5, 5.41) is 2.92. The molecular weight excluding hydrogens is 308 g/mol. The molecule has 1 aromatic heterocycles. The summed E-state index contributed by atoms with van der Waals surface area (Å²) in [7, 11) is 1.77. The molecule has 19 heavy (non-hydrogen) atoms. The fraction of sp³-hybridized carbons (Fsp3) is 0.308. The highest BCUT2D eigenvalue weighted by Crippen LogP contribution is 2.26. The lowest BCUT2D eigenvalue weighted by Crippen LogP contribution is -2.06. The number of nitrogens with zero attached hydrogens (tertiary/aromatic N) is 3. The molecule has 2 aromatic rings. The van der Waals surface area contributed by atoms with Crippen molar-refractivity contribution in [2.24, 2.45) is 0 Å². The van der Waals surface area contributed by atoms with Gasteiger partial charge in [0.15, 0.2) is 5.82 Å². The van der Waals surface area contributed by atoms with Crippen LogP contribution in [0.3, 0.4) is 0 Å². The summed E-state index contributed by atoms with van der Waals surface area (Å²) in [5.74, 6) is 1.07. The van der Waals surface area contributed by atoms with Gasteiger partial charge in [0.1, 0.15) is 0 Å². The van der Waals surface area contributed by atoms with Crippen molar-refractivity contribution in [2.45, 2.75) is 13.3 Å². The van der Waals surface area contributed by atoms with E-state index in [0.29, 0.717) is 24.4 Å². The van der Waals surface area contributed by atoms with Crippen LogP contribution in [-0.2, 0) is 0 Å². The van der Waals surface area contributed by atoms with Crippen molar-refractivity contribution >= 4 is 21.9 Å². The Morgan fingerprint density at radius 1 is 1.21 bits per heavy atom. The van der Waals surface area contributed by atoms with Crippen LogP contribution in [0.4, 0.5) is 5.95 Å². The predicted octanol–water partition coefficient (Wildman–Crippen LogP) is 3.13. The van der Waals surface area contributed by atoms with E-state index in [1.54, 1.807) is 7.05 Å². The van der Waals surface area contributed by atoms with Gasteiger partial charge in [-0.25, -0.2) is 0 Å². The van der Waals surface area contributed by atoms with Crippen LogP contribution in [0.1, 0.15) is 13.3 Å². The lowest BCUT2D eigenvalue weighted by Gasteiger charge is -2.08. The molecule has 1 aromatic carbocycles. The second kappa shape index (κ2) is 6.47. The molecule has 0 unspecified atom stereocenters. The molecule has 5 nitrogen and oxygen atoms in total. The van der Waals surface area contributed by atoms with E-state index in [9.17, 15) is 0 Å². The fourth-order valence-corrected chi connectivity index (χ4v) is 1.95. The highest BCUT2D eigenvalue weighted by Gasteiger charge is 2.10. The van der Waals surface area contributed by atoms with Crippen LogP contribution in [0.5, 0.6) is 6.01 Å². The van der Waals surface area contributed by atoms with Crippen LogP contribution in [0.25, 0.3) is 11.4 Å². The topological polar surface area (TPSA) is 59.9 Å². The molecule has 0 aliphatic carbocycles. The highest BCUT2D eigenvalue weighted by atomic mass is 79.9. The Balaban J connectivity index is 2.42. The maximum atomic E-state index is 5.48. The molecule has 0 radical (unpaired) electrons. The SMILES string of the molecule is CCCOc1nc(NC)nc(-c2ccccc2Br)n1. The first-order chi connectivity index (χ1) is 9.24. The summed E-state index contributed by atoms with van der Waals surface area (Å²) >= 11 is 3.50. The summed E-state index contributed by atoms with van der Waals surface area (Å²) in [6.45, 7) is 2.62. The van der Waals surface area contributed by atoms with Gasteiger partial charge in [0.05, 0.1) is 6.61 Å². The summed E-state index contributed by atoms with van der Waals surface area (Å²) < 4.78 is 6.42. The molecule has 1 N–H and O–H groups in total. The van der Waals surface area contributed by atoms with Crippen LogP contribution in [-0.4, -0.2) is 28.6 Å². The zero-order valence-electron chi connectivity index (χ0n) is 10.9. The van der Waals surface area contributed by atoms with Gasteiger partial charge >= 0.3 is 6.01 Å². The lowest BCUT2D eigenvalue weighted by molar-refractivity contribution is 0.292. The number of halogens is 1. The number of nitrogens with one attached hydrogen (secondary N) is 1. The van der Waals surface area contributed by atoms with Gasteiger partial charge in [-0.1, -0.05) is 41.1 Å². The molecule has 0 fully saturated rings. The molecule has 0 saturated carbocycles. The van der Waals surface area contributed by atoms with Crippen molar-refractivity contribution in [3.63, 3.8) is 0 Å². The maximum Gasteiger partial charge on any atom is 0.321 e. The van der Waals surface area contributed by atoms with E-state index in [4.69, 9.17) is 4.74 Å². The second-order valence-corrected chi connectivity index (χ2v) is 4.70. The minimum Gasteiger partial charge on any atom is -0.463 e. The molecule has 0 saturated heterocycles. The Kier molecular flexibility index (Phi) is 4.68. The zero-order valence-corrected chi connectivity index (χ0v) is 12.4. The molecule has 0 spiro atoms. The third kappa shape index (κ3) is 3.41. The van der Waals surface area contributed by atoms with Crippen molar-refractivity contribution in [1.29, 1.82) is 0 Å². The average molecular weight is 323 g/mol. The number of hydrogen-bond donors (Lipinski definition) is 1. The number of aromatic nitrogens is 3. The minimum atomic E-state index is 0.340. The fourth-order valence-electron chi connectivity index (χ4n) is 1.49. The third-order valence-corrected chi connectivity index (χ3v) is 3.08. The van der Waals surface area contributed by atoms with Crippen molar-refractivity contribution < 1.29 is 4.74 Å². The summed E-state index contributed by atoms with van der Waals surface area (Å²) in [5.41, 5.74) is 0.905. The van der Waals surface area contributed by atoms with E-state index in [-0.39, 0.29) is 0 Å². The second-order valence-electron chi connectivity index (χ2n) is 3.84. The molecule has 100 valence electrons. The standard InChI is InChI=1S/C13H15BrN4O/c1-3-8-19-13-17-11(16-12(15-2)18-13)9-6-4-5-7-10(9)14/h4-7H,3,8H2,1-2H3,(H,15,16,17,18). The predicted molar refractivity (Wildman–Crippen MR) is 78.3 cm³/mol. The van der Waals surface area contributed by atoms with Crippen LogP contribution < -0.4 is 10.1 Å². The zero-order chi connectivity index (χ0) is 13.7. The van der Waals surface area contributed by atoms with Gasteiger partial charge in [-0.15, -0.1) is 0 Å². The van der Waals surface area contributed by atoms with Gasteiger partial charge in [-0.3, -0.25) is 0 Å². The smallest absolute Gasteiger partial charge is 0.321 e. The number of anilines is 1. The molecule has 0 bridgehead atoms. The van der Waals surface area contributed by atoms with Crippen LogP contribution in [0, 0.1) is 0 Å². The molecule has 2 rings (SSSR count). The number of ether oxygens (including phenoxy) is 1. The largest absolute Gasteiger partial charge is 0.463 e. The number of rotatable bonds is 5. The van der Waals surface area contributed by atoms with Gasteiger partial charge in [0.25, 0.3) is 0 Å². The van der Waals surface area contributed by atoms with E-state index in [1.807, 2.05) is 31.2 Å². The van der Waals surface area contributed by atoms with Crippen molar-refractivity contribution in [3.05, 3.63) is 28.7 Å². The van der Waals surface area contributed by atoms with Gasteiger partial charge in [-0.2, -0.15) is 15.0 Å². The minimum absolute atomic E-state index is 0.340. The number of benzene rings is 1. The Labute approximate surface area is 120 Å². The van der Waals surface area contributed by atoms with Crippen molar-refractivity contribution in [3.8, 4) is 17.4 Å². The summed E-state index contributed by atoms with van der Waals surface area (Å²) in [4.78, 5) is 12.9. The van der Waals surface area contributed by atoms with Gasteiger partial charge in [-0.05, 0) is 12.5 Å². The van der Waals surface area contributed by atoms with Crippen molar-refractivity contribution in [2.75, 3.05) is 19.0 Å². The average Bonchev–Trinajstić information content (AvgIpc) is 2.45. The Hall–Kier alpha value is -1.69. The molecular formula is C13H15BrN4O. The normalized spacial score (nSPS) is 10.3. The Morgan fingerprint density at radius 2 is 2.00 bits per heavy atom. The van der Waals surface area contributed by atoms with E-state index in [0.717, 1.165) is 16.5 Å². The van der Waals surface area contributed by atoms with Gasteiger partial charge < -0.3 is 10.1 Å². The lowest BCUT2D eigenvalue weighted by atomic mass is 10.2. The first-order valence-electron chi connectivity index (χ1n) is 6.06. The van der Waals surface area contributed by atoms with Gasteiger partial charge in [0.2, 0.25) is 5.95 Å². The molecule has 0 amide bonds. The van der Waals surface area contributed by atoms with Crippen LogP contribution in [0.15, 0.2) is 28.7 Å². The van der Waals surface area contributed by atoms with E-state index < -0.39 is 0 Å². The van der Waals surface area contributed by atoms with Crippen molar-refractivity contribution in [1.82, 2.24) is 15.0 Å². The molecule has 0 aliphatic heterocycles. The Morgan fingerprint density at radius 3 is 2.68 bits per heavy atom. The van der Waals surface area contributed by atoms with E-state index >= 15 is 0 Å². The first-order valence-corrected chi connectivity index (χ1v) is 6.85. The first kappa shape index (κ1) is 13.7. The molecule has 1 heterocycles. The van der Waals surface area contributed by atoms with E-state index in [2.05, 4.69) is 36.2 Å². The molecule has 0 aliphatic rings. The number of hydrogen-bond acceptors (Lipinski definition) is 5. The Bertz CT molecular complexity index is 562. The molecule has 6 heteroatoms. The monoisotopic (exact) mass is 322 g/mol. The highest BCUT2D eigenvalue weighted by molar-refractivity contribution is 9.10. The van der Waals surface area contributed by atoms with Crippen LogP contribution >= 0.6 is 15.9 Å². The molecule has 0 atom stereocenters. The maximum absolute atomic E-state index is 5.48. The summed E-state index contributed by atoms with van der Waals surface area (Å²) in [6, 6.07) is 8.12. The summed E-state index contributed by atoms with van der Waals surface area (Å²) in [6.07, 6.45) is 0.908. The quantitative estimate of drug-likeness (QED) is 0.916. The van der Waals surface area contributed by atoms with E-state index in [1.165, 1.54) is 0 Å².